The van der Waals surface area contributed by atoms with Crippen molar-refractivity contribution >= 4 is 23.2 Å². The molecule has 2 fully saturated rings. The number of nitrogens with zero attached hydrogens (tertiary/aromatic N) is 3. The zero-order valence-corrected chi connectivity index (χ0v) is 16.8. The van der Waals surface area contributed by atoms with Gasteiger partial charge >= 0.3 is 0 Å². The average molecular weight is 403 g/mol. The molecule has 2 amide bonds. The van der Waals surface area contributed by atoms with E-state index in [9.17, 15) is 19.7 Å². The summed E-state index contributed by atoms with van der Waals surface area (Å²) in [7, 11) is 0. The van der Waals surface area contributed by atoms with Crippen LogP contribution in [0.2, 0.25) is 0 Å². The number of rotatable bonds is 4. The van der Waals surface area contributed by atoms with E-state index in [1.54, 1.807) is 17.0 Å². The van der Waals surface area contributed by atoms with Crippen LogP contribution in [0.25, 0.3) is 0 Å². The molecule has 9 nitrogen and oxygen atoms in total. The molecule has 1 aliphatic carbocycles. The van der Waals surface area contributed by atoms with Crippen LogP contribution in [-0.2, 0) is 4.79 Å². The lowest BCUT2D eigenvalue weighted by Crippen LogP contribution is -2.40. The van der Waals surface area contributed by atoms with Crippen LogP contribution >= 0.6 is 0 Å². The number of carbonyl (C=O) groups excluding carboxylic acids is 2. The maximum Gasteiger partial charge on any atom is 0.293 e. The molecule has 2 aliphatic rings. The van der Waals surface area contributed by atoms with Crippen molar-refractivity contribution in [1.82, 2.24) is 10.2 Å². The molecule has 158 valence electrons. The van der Waals surface area contributed by atoms with Gasteiger partial charge in [-0.3, -0.25) is 19.7 Å². The van der Waals surface area contributed by atoms with Gasteiger partial charge in [-0.2, -0.15) is 0 Å². The normalized spacial score (nSPS) is 22.7. The summed E-state index contributed by atoms with van der Waals surface area (Å²) in [5, 5.41) is 14.7. The molecular formula is C20H29N5O4. The quantitative estimate of drug-likeness (QED) is 0.582. The summed E-state index contributed by atoms with van der Waals surface area (Å²) in [4.78, 5) is 39.1. The molecule has 0 spiro atoms. The van der Waals surface area contributed by atoms with Crippen molar-refractivity contribution in [1.29, 1.82) is 0 Å². The van der Waals surface area contributed by atoms with Crippen LogP contribution in [0.1, 0.15) is 49.4 Å². The third kappa shape index (κ3) is 5.23. The smallest absolute Gasteiger partial charge is 0.293 e. The van der Waals surface area contributed by atoms with Crippen LogP contribution in [0.5, 0.6) is 0 Å². The fraction of sp³-hybridized carbons (Fsp3) is 0.600. The topological polar surface area (TPSA) is 122 Å². The number of carbonyl (C=O) groups is 2. The molecular weight excluding hydrogens is 374 g/mol. The SMILES string of the molecule is CC(=O)N1CCCN(c2ccc(C(=O)NC3CCC(N)CC3)cc2[N+](=O)[O-])CC1. The zero-order valence-electron chi connectivity index (χ0n) is 16.8. The Morgan fingerprint density at radius 2 is 1.86 bits per heavy atom. The molecule has 9 heteroatoms. The monoisotopic (exact) mass is 403 g/mol. The summed E-state index contributed by atoms with van der Waals surface area (Å²) in [6, 6.07) is 4.89. The molecule has 29 heavy (non-hydrogen) atoms. The Kier molecular flexibility index (Phi) is 6.68. The van der Waals surface area contributed by atoms with Crippen LogP contribution in [0.3, 0.4) is 0 Å². The number of anilines is 1. The predicted molar refractivity (Wildman–Crippen MR) is 110 cm³/mol. The van der Waals surface area contributed by atoms with Gasteiger partial charge in [0, 0.05) is 56.8 Å². The maximum atomic E-state index is 12.6. The summed E-state index contributed by atoms with van der Waals surface area (Å²) in [5.41, 5.74) is 6.59. The molecule has 0 atom stereocenters. The first-order chi connectivity index (χ1) is 13.8. The number of nitrogens with one attached hydrogen (secondary N) is 1. The molecule has 1 heterocycles. The Morgan fingerprint density at radius 3 is 2.52 bits per heavy atom. The van der Waals surface area contributed by atoms with Gasteiger partial charge in [0.2, 0.25) is 5.91 Å². The van der Waals surface area contributed by atoms with Crippen LogP contribution in [0, 0.1) is 10.1 Å². The number of nitro benzene ring substituents is 1. The van der Waals surface area contributed by atoms with Gasteiger partial charge in [-0.05, 0) is 44.2 Å². The predicted octanol–water partition coefficient (Wildman–Crippen LogP) is 1.65. The first-order valence-electron chi connectivity index (χ1n) is 10.2. The number of hydrogen-bond acceptors (Lipinski definition) is 6. The maximum absolute atomic E-state index is 12.6. The van der Waals surface area contributed by atoms with Crippen molar-refractivity contribution < 1.29 is 14.5 Å². The van der Waals surface area contributed by atoms with Crippen molar-refractivity contribution in [3.63, 3.8) is 0 Å². The van der Waals surface area contributed by atoms with E-state index >= 15 is 0 Å². The molecule has 0 aromatic heterocycles. The van der Waals surface area contributed by atoms with E-state index < -0.39 is 4.92 Å². The molecule has 1 aromatic rings. The summed E-state index contributed by atoms with van der Waals surface area (Å²) in [6.07, 6.45) is 4.14. The summed E-state index contributed by atoms with van der Waals surface area (Å²) in [5.74, 6) is -0.282. The van der Waals surface area contributed by atoms with Crippen molar-refractivity contribution in [2.24, 2.45) is 5.73 Å². The molecule has 0 radical (unpaired) electrons. The zero-order chi connectivity index (χ0) is 21.0. The fourth-order valence-electron chi connectivity index (χ4n) is 4.08. The highest BCUT2D eigenvalue weighted by atomic mass is 16.6. The van der Waals surface area contributed by atoms with E-state index in [1.807, 2.05) is 4.90 Å². The van der Waals surface area contributed by atoms with Gasteiger partial charge in [0.25, 0.3) is 11.6 Å². The Labute approximate surface area is 170 Å². The summed E-state index contributed by atoms with van der Waals surface area (Å²) >= 11 is 0. The lowest BCUT2D eigenvalue weighted by molar-refractivity contribution is -0.384. The van der Waals surface area contributed by atoms with Crippen LogP contribution in [0.4, 0.5) is 11.4 Å². The molecule has 0 unspecified atom stereocenters. The Hall–Kier alpha value is -2.68. The second-order valence-electron chi connectivity index (χ2n) is 7.89. The molecule has 1 saturated heterocycles. The van der Waals surface area contributed by atoms with Crippen molar-refractivity contribution in [3.8, 4) is 0 Å². The van der Waals surface area contributed by atoms with E-state index in [2.05, 4.69) is 5.32 Å². The van der Waals surface area contributed by atoms with Crippen LogP contribution < -0.4 is 16.0 Å². The van der Waals surface area contributed by atoms with Gasteiger partial charge < -0.3 is 20.9 Å². The third-order valence-corrected chi connectivity index (χ3v) is 5.82. The second-order valence-corrected chi connectivity index (χ2v) is 7.89. The molecule has 1 aromatic carbocycles. The number of nitro groups is 1. The number of amides is 2. The fourth-order valence-corrected chi connectivity index (χ4v) is 4.08. The minimum absolute atomic E-state index is 0.0111. The van der Waals surface area contributed by atoms with Gasteiger partial charge in [-0.15, -0.1) is 0 Å². The van der Waals surface area contributed by atoms with Gasteiger partial charge in [-0.1, -0.05) is 0 Å². The summed E-state index contributed by atoms with van der Waals surface area (Å²) in [6.45, 7) is 3.85. The minimum atomic E-state index is -0.445. The van der Waals surface area contributed by atoms with Crippen LogP contribution in [-0.4, -0.2) is 59.9 Å². The average Bonchev–Trinajstić information content (AvgIpc) is 2.95. The molecule has 3 rings (SSSR count). The highest BCUT2D eigenvalue weighted by Gasteiger charge is 2.26. The largest absolute Gasteiger partial charge is 0.364 e. The number of nitrogens with two attached hydrogens (primary N) is 1. The van der Waals surface area contributed by atoms with E-state index in [0.717, 1.165) is 32.1 Å². The highest BCUT2D eigenvalue weighted by Crippen LogP contribution is 2.30. The lowest BCUT2D eigenvalue weighted by atomic mass is 9.91. The first kappa shape index (κ1) is 21.0. The third-order valence-electron chi connectivity index (χ3n) is 5.82. The van der Waals surface area contributed by atoms with Crippen molar-refractivity contribution in [2.45, 2.75) is 51.1 Å². The number of benzene rings is 1. The van der Waals surface area contributed by atoms with E-state index in [1.165, 1.54) is 13.0 Å². The summed E-state index contributed by atoms with van der Waals surface area (Å²) < 4.78 is 0. The van der Waals surface area contributed by atoms with Crippen molar-refractivity contribution in [3.05, 3.63) is 33.9 Å². The Morgan fingerprint density at radius 1 is 1.14 bits per heavy atom. The van der Waals surface area contributed by atoms with Gasteiger partial charge in [-0.25, -0.2) is 0 Å². The lowest BCUT2D eigenvalue weighted by Gasteiger charge is -2.27. The Bertz CT molecular complexity index is 776. The van der Waals surface area contributed by atoms with E-state index in [0.29, 0.717) is 31.9 Å². The van der Waals surface area contributed by atoms with Gasteiger partial charge in [0.1, 0.15) is 5.69 Å². The van der Waals surface area contributed by atoms with E-state index in [4.69, 9.17) is 5.73 Å². The highest BCUT2D eigenvalue weighted by molar-refractivity contribution is 5.96. The molecule has 3 N–H and O–H groups in total. The van der Waals surface area contributed by atoms with Crippen LogP contribution in [0.15, 0.2) is 18.2 Å². The van der Waals surface area contributed by atoms with Gasteiger partial charge in [0.15, 0.2) is 0 Å². The Balaban J connectivity index is 1.74. The van der Waals surface area contributed by atoms with E-state index in [-0.39, 0.29) is 35.1 Å². The van der Waals surface area contributed by atoms with Crippen molar-refractivity contribution in [2.75, 3.05) is 31.1 Å². The molecule has 1 saturated carbocycles. The standard InChI is InChI=1S/C20H29N5O4/c1-14(26)23-9-2-10-24(12-11-23)18-8-3-15(13-19(18)25(28)29)20(27)22-17-6-4-16(21)5-7-17/h3,8,13,16-17H,2,4-7,9-12,21H2,1H3,(H,22,27). The molecule has 0 bridgehead atoms. The number of hydrogen-bond donors (Lipinski definition) is 2. The molecule has 1 aliphatic heterocycles. The minimum Gasteiger partial charge on any atom is -0.364 e. The first-order valence-corrected chi connectivity index (χ1v) is 10.2. The van der Waals surface area contributed by atoms with Gasteiger partial charge in [0.05, 0.1) is 4.92 Å². The second kappa shape index (κ2) is 9.21.